The molecule has 0 radical (unpaired) electrons. The Hall–Kier alpha value is -2.71. The molecule has 2 rings (SSSR count). The van der Waals surface area contributed by atoms with E-state index < -0.39 is 22.9 Å². The molecule has 1 aromatic carbocycles. The molecule has 0 aliphatic rings. The van der Waals surface area contributed by atoms with E-state index in [4.69, 9.17) is 27.9 Å². The summed E-state index contributed by atoms with van der Waals surface area (Å²) in [5.74, 6) is -1.70. The van der Waals surface area contributed by atoms with Gasteiger partial charge in [0, 0.05) is 6.07 Å². The number of para-hydroxylation sites is 2. The van der Waals surface area contributed by atoms with Crippen LogP contribution < -0.4 is 5.32 Å². The summed E-state index contributed by atoms with van der Waals surface area (Å²) in [5, 5.41) is 13.3. The van der Waals surface area contributed by atoms with Gasteiger partial charge in [-0.15, -0.1) is 0 Å². The number of carbonyl (C=O) groups excluding carboxylic acids is 2. The number of nitro groups is 1. The standard InChI is InChI=1S/C15H11Cl2N3O5/c1-8(25-15(22)13-9(16)6-7-12(17)19-13)14(21)18-10-4-2-3-5-11(10)20(23)24/h2-8H,1H3,(H,18,21)/t8-/m0/s1. The summed E-state index contributed by atoms with van der Waals surface area (Å²) < 4.78 is 4.98. The van der Waals surface area contributed by atoms with Crippen molar-refractivity contribution < 1.29 is 19.2 Å². The Labute approximate surface area is 151 Å². The maximum absolute atomic E-state index is 12.1. The van der Waals surface area contributed by atoms with Crippen molar-refractivity contribution in [3.63, 3.8) is 0 Å². The van der Waals surface area contributed by atoms with Crippen LogP contribution >= 0.6 is 23.2 Å². The number of pyridine rings is 1. The average molecular weight is 384 g/mol. The van der Waals surface area contributed by atoms with Gasteiger partial charge in [0.1, 0.15) is 10.8 Å². The zero-order valence-electron chi connectivity index (χ0n) is 12.7. The van der Waals surface area contributed by atoms with E-state index in [-0.39, 0.29) is 27.2 Å². The molecule has 1 aromatic heterocycles. The normalized spacial score (nSPS) is 11.5. The number of esters is 1. The SMILES string of the molecule is C[C@H](OC(=O)c1nc(Cl)ccc1Cl)C(=O)Nc1ccccc1[N+](=O)[O-]. The van der Waals surface area contributed by atoms with Crippen LogP contribution in [0.1, 0.15) is 17.4 Å². The second-order valence-corrected chi connectivity index (χ2v) is 5.57. The minimum absolute atomic E-state index is 0.0145. The highest BCUT2D eigenvalue weighted by molar-refractivity contribution is 6.34. The van der Waals surface area contributed by atoms with Crippen LogP contribution in [0.2, 0.25) is 10.2 Å². The zero-order valence-corrected chi connectivity index (χ0v) is 14.2. The number of nitrogens with zero attached hydrogens (tertiary/aromatic N) is 2. The van der Waals surface area contributed by atoms with E-state index in [1.54, 1.807) is 0 Å². The fourth-order valence-electron chi connectivity index (χ4n) is 1.80. The average Bonchev–Trinajstić information content (AvgIpc) is 2.57. The van der Waals surface area contributed by atoms with E-state index in [9.17, 15) is 19.7 Å². The van der Waals surface area contributed by atoms with Gasteiger partial charge in [-0.2, -0.15) is 0 Å². The Balaban J connectivity index is 2.09. The number of ether oxygens (including phenoxy) is 1. The third-order valence-electron chi connectivity index (χ3n) is 3.02. The van der Waals surface area contributed by atoms with E-state index in [0.29, 0.717) is 0 Å². The number of benzene rings is 1. The molecule has 2 aromatic rings. The van der Waals surface area contributed by atoms with Gasteiger partial charge in [0.05, 0.1) is 9.95 Å². The second kappa shape index (κ2) is 7.91. The lowest BCUT2D eigenvalue weighted by molar-refractivity contribution is -0.383. The Morgan fingerprint density at radius 1 is 1.24 bits per heavy atom. The monoisotopic (exact) mass is 383 g/mol. The number of anilines is 1. The predicted octanol–water partition coefficient (Wildman–Crippen LogP) is 3.48. The second-order valence-electron chi connectivity index (χ2n) is 4.78. The molecule has 130 valence electrons. The fourth-order valence-corrected chi connectivity index (χ4v) is 2.13. The number of hydrogen-bond acceptors (Lipinski definition) is 6. The molecule has 0 fully saturated rings. The summed E-state index contributed by atoms with van der Waals surface area (Å²) in [6.07, 6.45) is -1.25. The number of carbonyl (C=O) groups is 2. The summed E-state index contributed by atoms with van der Waals surface area (Å²) in [6.45, 7) is 1.31. The van der Waals surface area contributed by atoms with Crippen LogP contribution in [-0.4, -0.2) is 27.9 Å². The highest BCUT2D eigenvalue weighted by atomic mass is 35.5. The van der Waals surface area contributed by atoms with Gasteiger partial charge in [-0.05, 0) is 25.1 Å². The molecule has 25 heavy (non-hydrogen) atoms. The maximum atomic E-state index is 12.1. The molecule has 0 saturated heterocycles. The molecule has 0 bridgehead atoms. The van der Waals surface area contributed by atoms with Crippen molar-refractivity contribution in [2.75, 3.05) is 5.32 Å². The van der Waals surface area contributed by atoms with E-state index >= 15 is 0 Å². The molecule has 10 heteroatoms. The molecule has 1 atom stereocenters. The summed E-state index contributed by atoms with van der Waals surface area (Å²) in [6, 6.07) is 8.35. The number of rotatable bonds is 5. The van der Waals surface area contributed by atoms with Crippen LogP contribution in [0, 0.1) is 10.1 Å². The van der Waals surface area contributed by atoms with Gasteiger partial charge in [-0.1, -0.05) is 35.3 Å². The molecule has 8 nitrogen and oxygen atoms in total. The van der Waals surface area contributed by atoms with Crippen LogP contribution in [0.4, 0.5) is 11.4 Å². The molecule has 0 saturated carbocycles. The number of halogens is 2. The first-order valence-electron chi connectivity index (χ1n) is 6.87. The minimum Gasteiger partial charge on any atom is -0.448 e. The van der Waals surface area contributed by atoms with E-state index in [2.05, 4.69) is 10.3 Å². The maximum Gasteiger partial charge on any atom is 0.359 e. The lowest BCUT2D eigenvalue weighted by Gasteiger charge is -2.13. The predicted molar refractivity (Wildman–Crippen MR) is 90.9 cm³/mol. The highest BCUT2D eigenvalue weighted by Crippen LogP contribution is 2.24. The molecule has 0 unspecified atom stereocenters. The van der Waals surface area contributed by atoms with Crippen molar-refractivity contribution in [2.45, 2.75) is 13.0 Å². The number of hydrogen-bond donors (Lipinski definition) is 1. The highest BCUT2D eigenvalue weighted by Gasteiger charge is 2.24. The first kappa shape index (κ1) is 18.6. The largest absolute Gasteiger partial charge is 0.448 e. The molecule has 1 N–H and O–H groups in total. The summed E-state index contributed by atoms with van der Waals surface area (Å²) in [7, 11) is 0. The first-order chi connectivity index (χ1) is 11.8. The third kappa shape index (κ3) is 4.65. The lowest BCUT2D eigenvalue weighted by atomic mass is 10.2. The molecular weight excluding hydrogens is 373 g/mol. The topological polar surface area (TPSA) is 111 Å². The van der Waals surface area contributed by atoms with Gasteiger partial charge >= 0.3 is 5.97 Å². The van der Waals surface area contributed by atoms with E-state index in [0.717, 1.165) is 0 Å². The molecular formula is C15H11Cl2N3O5. The summed E-state index contributed by atoms with van der Waals surface area (Å²) in [4.78, 5) is 38.2. The molecule has 0 aliphatic carbocycles. The van der Waals surface area contributed by atoms with Gasteiger partial charge in [0.2, 0.25) is 0 Å². The summed E-state index contributed by atoms with van der Waals surface area (Å²) >= 11 is 11.5. The Bertz CT molecular complexity index is 844. The van der Waals surface area contributed by atoms with Crippen molar-refractivity contribution in [1.29, 1.82) is 0 Å². The van der Waals surface area contributed by atoms with Crippen LogP contribution in [0.3, 0.4) is 0 Å². The molecule has 1 heterocycles. The Kier molecular flexibility index (Phi) is 5.89. The zero-order chi connectivity index (χ0) is 18.6. The van der Waals surface area contributed by atoms with Crippen LogP contribution in [0.25, 0.3) is 0 Å². The number of amides is 1. The van der Waals surface area contributed by atoms with Gasteiger partial charge < -0.3 is 10.1 Å². The van der Waals surface area contributed by atoms with Crippen LogP contribution in [0.15, 0.2) is 36.4 Å². The fraction of sp³-hybridized carbons (Fsp3) is 0.133. The molecule has 0 spiro atoms. The van der Waals surface area contributed by atoms with Gasteiger partial charge in [0.15, 0.2) is 11.8 Å². The quantitative estimate of drug-likeness (QED) is 0.366. The van der Waals surface area contributed by atoms with E-state index in [1.165, 1.54) is 43.3 Å². The Morgan fingerprint density at radius 3 is 2.60 bits per heavy atom. The van der Waals surface area contributed by atoms with Crippen molar-refractivity contribution in [3.05, 3.63) is 62.4 Å². The van der Waals surface area contributed by atoms with E-state index in [1.807, 2.05) is 0 Å². The van der Waals surface area contributed by atoms with Crippen molar-refractivity contribution in [3.8, 4) is 0 Å². The van der Waals surface area contributed by atoms with Crippen molar-refractivity contribution in [1.82, 2.24) is 4.98 Å². The number of aromatic nitrogens is 1. The summed E-state index contributed by atoms with van der Waals surface area (Å²) in [5.41, 5.74) is -0.534. The van der Waals surface area contributed by atoms with Crippen molar-refractivity contribution in [2.24, 2.45) is 0 Å². The lowest BCUT2D eigenvalue weighted by Crippen LogP contribution is -2.30. The van der Waals surface area contributed by atoms with Crippen LogP contribution in [-0.2, 0) is 9.53 Å². The number of nitro benzene ring substituents is 1. The van der Waals surface area contributed by atoms with Crippen molar-refractivity contribution >= 4 is 46.5 Å². The van der Waals surface area contributed by atoms with Gasteiger partial charge in [-0.25, -0.2) is 9.78 Å². The first-order valence-corrected chi connectivity index (χ1v) is 7.62. The third-order valence-corrected chi connectivity index (χ3v) is 3.53. The molecule has 1 amide bonds. The Morgan fingerprint density at radius 2 is 1.92 bits per heavy atom. The minimum atomic E-state index is -1.25. The van der Waals surface area contributed by atoms with Gasteiger partial charge in [0.25, 0.3) is 11.6 Å². The smallest absolute Gasteiger partial charge is 0.359 e. The molecule has 0 aliphatic heterocycles. The van der Waals surface area contributed by atoms with Gasteiger partial charge in [-0.3, -0.25) is 14.9 Å². The number of nitrogens with one attached hydrogen (secondary N) is 1. The van der Waals surface area contributed by atoms with Crippen LogP contribution in [0.5, 0.6) is 0 Å².